The van der Waals surface area contributed by atoms with E-state index >= 15 is 0 Å². The second kappa shape index (κ2) is 5.85. The second-order valence-electron chi connectivity index (χ2n) is 5.15. The van der Waals surface area contributed by atoms with Gasteiger partial charge in [-0.05, 0) is 12.5 Å². The maximum Gasteiger partial charge on any atom is 0.148 e. The fraction of sp³-hybridized carbons (Fsp3) is 0.438. The lowest BCUT2D eigenvalue weighted by molar-refractivity contribution is 0.110. The summed E-state index contributed by atoms with van der Waals surface area (Å²) in [7, 11) is 1.54. The van der Waals surface area contributed by atoms with Gasteiger partial charge < -0.3 is 14.8 Å². The lowest BCUT2D eigenvalue weighted by atomic mass is 10.0. The lowest BCUT2D eigenvalue weighted by Gasteiger charge is -2.22. The average molecular weight is 290 g/mol. The van der Waals surface area contributed by atoms with Crippen molar-refractivity contribution in [1.29, 1.82) is 0 Å². The van der Waals surface area contributed by atoms with Crippen LogP contribution in [0.25, 0.3) is 10.9 Å². The Balaban J connectivity index is 2.28. The normalized spacial score (nSPS) is 14.0. The van der Waals surface area contributed by atoms with Crippen LogP contribution < -0.4 is 10.1 Å². The van der Waals surface area contributed by atoms with Gasteiger partial charge in [0.1, 0.15) is 17.1 Å². The van der Waals surface area contributed by atoms with Gasteiger partial charge in [-0.3, -0.25) is 0 Å². The Morgan fingerprint density at radius 3 is 3.05 bits per heavy atom. The first-order chi connectivity index (χ1) is 10.2. The number of nitrogens with one attached hydrogen (secondary N) is 1. The summed E-state index contributed by atoms with van der Waals surface area (Å²) >= 11 is 0. The number of rotatable bonds is 4. The summed E-state index contributed by atoms with van der Waals surface area (Å²) in [5.74, 6) is 0.149. The minimum atomic E-state index is -0.322. The van der Waals surface area contributed by atoms with Crippen molar-refractivity contribution in [2.75, 3.05) is 25.6 Å². The van der Waals surface area contributed by atoms with Crippen LogP contribution in [0.15, 0.2) is 12.1 Å². The highest BCUT2D eigenvalue weighted by molar-refractivity contribution is 5.97. The van der Waals surface area contributed by atoms with E-state index in [1.165, 1.54) is 19.2 Å². The first-order valence-corrected chi connectivity index (χ1v) is 7.25. The highest BCUT2D eigenvalue weighted by Crippen LogP contribution is 2.36. The minimum absolute atomic E-state index is 0.322. The van der Waals surface area contributed by atoms with Crippen molar-refractivity contribution in [2.45, 2.75) is 26.4 Å². The van der Waals surface area contributed by atoms with Crippen molar-refractivity contribution < 1.29 is 13.9 Å². The van der Waals surface area contributed by atoms with Gasteiger partial charge in [-0.15, -0.1) is 0 Å². The SMILES string of the molecule is CCCNc1c2c(nc3c(OC)cc(F)cc13)CCOC2. The quantitative estimate of drug-likeness (QED) is 0.938. The Morgan fingerprint density at radius 1 is 1.43 bits per heavy atom. The molecule has 4 nitrogen and oxygen atoms in total. The molecule has 0 aliphatic carbocycles. The summed E-state index contributed by atoms with van der Waals surface area (Å²) in [4.78, 5) is 4.68. The van der Waals surface area contributed by atoms with Crippen LogP contribution in [0.4, 0.5) is 10.1 Å². The van der Waals surface area contributed by atoms with Crippen LogP contribution in [0, 0.1) is 5.82 Å². The van der Waals surface area contributed by atoms with Gasteiger partial charge in [0.05, 0.1) is 31.7 Å². The number of benzene rings is 1. The molecule has 0 unspecified atom stereocenters. The highest BCUT2D eigenvalue weighted by Gasteiger charge is 2.20. The Morgan fingerprint density at radius 2 is 2.29 bits per heavy atom. The number of anilines is 1. The zero-order valence-corrected chi connectivity index (χ0v) is 12.3. The van der Waals surface area contributed by atoms with E-state index in [0.717, 1.165) is 41.7 Å². The molecule has 0 spiro atoms. The first kappa shape index (κ1) is 14.1. The third-order valence-corrected chi connectivity index (χ3v) is 3.71. The lowest BCUT2D eigenvalue weighted by Crippen LogP contribution is -2.16. The van der Waals surface area contributed by atoms with Crippen LogP contribution in [0.2, 0.25) is 0 Å². The van der Waals surface area contributed by atoms with Crippen LogP contribution in [-0.4, -0.2) is 25.2 Å². The zero-order chi connectivity index (χ0) is 14.8. The second-order valence-corrected chi connectivity index (χ2v) is 5.15. The van der Waals surface area contributed by atoms with Crippen molar-refractivity contribution >= 4 is 16.6 Å². The van der Waals surface area contributed by atoms with Crippen molar-refractivity contribution in [2.24, 2.45) is 0 Å². The molecule has 0 atom stereocenters. The van der Waals surface area contributed by atoms with E-state index in [-0.39, 0.29) is 5.82 Å². The maximum absolute atomic E-state index is 13.9. The number of aromatic nitrogens is 1. The van der Waals surface area contributed by atoms with Crippen LogP contribution in [0.5, 0.6) is 5.75 Å². The summed E-state index contributed by atoms with van der Waals surface area (Å²) < 4.78 is 24.7. The van der Waals surface area contributed by atoms with Crippen molar-refractivity contribution in [3.05, 3.63) is 29.2 Å². The van der Waals surface area contributed by atoms with Gasteiger partial charge in [-0.25, -0.2) is 9.37 Å². The summed E-state index contributed by atoms with van der Waals surface area (Å²) in [6.45, 7) is 4.11. The molecule has 1 aromatic heterocycles. The topological polar surface area (TPSA) is 43.4 Å². The molecule has 112 valence electrons. The summed E-state index contributed by atoms with van der Waals surface area (Å²) in [5.41, 5.74) is 3.68. The van der Waals surface area contributed by atoms with Crippen LogP contribution in [0.3, 0.4) is 0 Å². The predicted octanol–water partition coefficient (Wildman–Crippen LogP) is 3.28. The Hall–Kier alpha value is -1.88. The van der Waals surface area contributed by atoms with Gasteiger partial charge in [0.15, 0.2) is 0 Å². The van der Waals surface area contributed by atoms with Crippen molar-refractivity contribution in [3.8, 4) is 5.75 Å². The van der Waals surface area contributed by atoms with Gasteiger partial charge in [-0.2, -0.15) is 0 Å². The van der Waals surface area contributed by atoms with E-state index in [4.69, 9.17) is 9.47 Å². The summed E-state index contributed by atoms with van der Waals surface area (Å²) in [6.07, 6.45) is 1.76. The van der Waals surface area contributed by atoms with Crippen LogP contribution >= 0.6 is 0 Å². The molecule has 5 heteroatoms. The number of fused-ring (bicyclic) bond motifs is 2. The van der Waals surface area contributed by atoms with Gasteiger partial charge in [-0.1, -0.05) is 6.92 Å². The number of ether oxygens (including phenoxy) is 2. The van der Waals surface area contributed by atoms with Crippen molar-refractivity contribution in [1.82, 2.24) is 4.98 Å². The molecule has 0 saturated heterocycles. The van der Waals surface area contributed by atoms with E-state index in [1.54, 1.807) is 0 Å². The predicted molar refractivity (Wildman–Crippen MR) is 80.4 cm³/mol. The minimum Gasteiger partial charge on any atom is -0.494 e. The summed E-state index contributed by atoms with van der Waals surface area (Å²) in [6, 6.07) is 2.89. The molecule has 0 saturated carbocycles. The van der Waals surface area contributed by atoms with Gasteiger partial charge in [0, 0.05) is 30.0 Å². The highest BCUT2D eigenvalue weighted by atomic mass is 19.1. The fourth-order valence-corrected chi connectivity index (χ4v) is 2.70. The molecule has 21 heavy (non-hydrogen) atoms. The molecule has 2 heterocycles. The van der Waals surface area contributed by atoms with Gasteiger partial charge >= 0.3 is 0 Å². The Kier molecular flexibility index (Phi) is 3.92. The van der Waals surface area contributed by atoms with E-state index in [1.807, 2.05) is 0 Å². The zero-order valence-electron chi connectivity index (χ0n) is 12.3. The Labute approximate surface area is 123 Å². The number of methoxy groups -OCH3 is 1. The molecule has 1 aliphatic rings. The third kappa shape index (κ3) is 2.53. The summed E-state index contributed by atoms with van der Waals surface area (Å²) in [5, 5.41) is 4.16. The Bertz CT molecular complexity index is 673. The fourth-order valence-electron chi connectivity index (χ4n) is 2.70. The number of hydrogen-bond acceptors (Lipinski definition) is 4. The molecular weight excluding hydrogens is 271 g/mol. The molecule has 3 rings (SSSR count). The van der Waals surface area contributed by atoms with Crippen LogP contribution in [0.1, 0.15) is 24.6 Å². The molecule has 0 radical (unpaired) electrons. The standard InChI is InChI=1S/C16H19FN2O2/c1-3-5-18-15-11-7-10(17)8-14(20-2)16(11)19-13-4-6-21-9-12(13)15/h7-8H,3-6,9H2,1-2H3,(H,18,19). The molecule has 1 aromatic carbocycles. The first-order valence-electron chi connectivity index (χ1n) is 7.25. The van der Waals surface area contributed by atoms with E-state index in [0.29, 0.717) is 24.5 Å². The number of pyridine rings is 1. The molecule has 0 amide bonds. The smallest absolute Gasteiger partial charge is 0.148 e. The molecule has 2 aromatic rings. The van der Waals surface area contributed by atoms with E-state index < -0.39 is 0 Å². The van der Waals surface area contributed by atoms with E-state index in [9.17, 15) is 4.39 Å². The van der Waals surface area contributed by atoms with Crippen molar-refractivity contribution in [3.63, 3.8) is 0 Å². The van der Waals surface area contributed by atoms with Crippen LogP contribution in [-0.2, 0) is 17.8 Å². The molecule has 1 N–H and O–H groups in total. The van der Waals surface area contributed by atoms with Gasteiger partial charge in [0.25, 0.3) is 0 Å². The monoisotopic (exact) mass is 290 g/mol. The average Bonchev–Trinajstić information content (AvgIpc) is 2.51. The third-order valence-electron chi connectivity index (χ3n) is 3.71. The largest absolute Gasteiger partial charge is 0.494 e. The molecule has 0 bridgehead atoms. The molecular formula is C16H19FN2O2. The number of halogens is 1. The van der Waals surface area contributed by atoms with E-state index in [2.05, 4.69) is 17.2 Å². The maximum atomic E-state index is 13.9. The molecule has 1 aliphatic heterocycles. The number of nitrogens with zero attached hydrogens (tertiary/aromatic N) is 1. The van der Waals surface area contributed by atoms with Gasteiger partial charge in [0.2, 0.25) is 0 Å². The number of hydrogen-bond donors (Lipinski definition) is 1. The molecule has 0 fully saturated rings.